The minimum absolute atomic E-state index is 0.0228. The van der Waals surface area contributed by atoms with Crippen molar-refractivity contribution in [3.8, 4) is 0 Å². The molecule has 6 N–H and O–H groups in total. The van der Waals surface area contributed by atoms with Gasteiger partial charge < -0.3 is 36.5 Å². The van der Waals surface area contributed by atoms with Gasteiger partial charge in [-0.05, 0) is 49.1 Å². The summed E-state index contributed by atoms with van der Waals surface area (Å²) in [5, 5.41) is 10.1. The number of hydrogen-bond donors (Lipinski definition) is 5. The number of thioether (sulfide) groups is 1. The van der Waals surface area contributed by atoms with Crippen molar-refractivity contribution in [3.05, 3.63) is 29.8 Å². The minimum atomic E-state index is -1.01. The van der Waals surface area contributed by atoms with E-state index in [9.17, 15) is 28.8 Å². The number of urea groups is 1. The number of hydrogen-bond acceptors (Lipinski definition) is 9. The summed E-state index contributed by atoms with van der Waals surface area (Å²) in [5.41, 5.74) is 6.78. The molecule has 1 heterocycles. The molecular weight excluding hydrogens is 592 g/mol. The zero-order valence-electron chi connectivity index (χ0n) is 25.7. The summed E-state index contributed by atoms with van der Waals surface area (Å²) in [6.07, 6.45) is 2.51. The predicted molar refractivity (Wildman–Crippen MR) is 166 cm³/mol. The number of nitrogens with two attached hydrogens (primary N) is 1. The van der Waals surface area contributed by atoms with Gasteiger partial charge in [0.05, 0.1) is 25.0 Å². The fourth-order valence-corrected chi connectivity index (χ4v) is 4.97. The van der Waals surface area contributed by atoms with E-state index < -0.39 is 36.0 Å². The number of aryl methyl sites for hydroxylation is 1. The number of ether oxygens (including phenoxy) is 2. The van der Waals surface area contributed by atoms with E-state index in [1.165, 1.54) is 16.7 Å². The molecule has 7 amide bonds. The van der Waals surface area contributed by atoms with E-state index in [2.05, 4.69) is 21.3 Å². The number of imide groups is 1. The standard InChI is InChI=1S/C29H44N6O8S/c1-5-19-8-10-20(11-9-19)32-25(37)21(7-6-12-31-28(30)40)33-26(38)24(18(2)3)34-29(41)43-16-15-42-14-13-35-23(36)17-22(44-4)27(35)39/h8-11,18,21-22,24H,5-7,12-17H2,1-4H3,(H,32,37)(H,33,38)(H,34,41)(H3,30,31,40)/t21-,22?,24-/m0/s1. The summed E-state index contributed by atoms with van der Waals surface area (Å²) in [5.74, 6) is -1.85. The molecule has 0 spiro atoms. The zero-order valence-corrected chi connectivity index (χ0v) is 26.5. The number of benzene rings is 1. The molecule has 15 heteroatoms. The maximum atomic E-state index is 13.2. The molecule has 0 bridgehead atoms. The number of rotatable bonds is 18. The van der Waals surface area contributed by atoms with Gasteiger partial charge in [0.2, 0.25) is 23.6 Å². The van der Waals surface area contributed by atoms with Crippen molar-refractivity contribution in [2.75, 3.05) is 44.5 Å². The van der Waals surface area contributed by atoms with Crippen molar-refractivity contribution < 1.29 is 38.2 Å². The van der Waals surface area contributed by atoms with Gasteiger partial charge in [0.1, 0.15) is 18.7 Å². The van der Waals surface area contributed by atoms with Gasteiger partial charge in [-0.2, -0.15) is 11.8 Å². The molecule has 0 aromatic heterocycles. The van der Waals surface area contributed by atoms with Gasteiger partial charge in [0, 0.05) is 18.7 Å². The van der Waals surface area contributed by atoms with Gasteiger partial charge in [-0.25, -0.2) is 9.59 Å². The molecule has 1 unspecified atom stereocenters. The van der Waals surface area contributed by atoms with Gasteiger partial charge >= 0.3 is 12.1 Å². The molecule has 2 rings (SSSR count). The van der Waals surface area contributed by atoms with Crippen molar-refractivity contribution in [1.82, 2.24) is 20.9 Å². The van der Waals surface area contributed by atoms with E-state index in [1.807, 2.05) is 19.1 Å². The molecule has 1 aliphatic heterocycles. The van der Waals surface area contributed by atoms with Gasteiger partial charge in [-0.15, -0.1) is 0 Å². The average Bonchev–Trinajstić information content (AvgIpc) is 3.26. The van der Waals surface area contributed by atoms with Crippen LogP contribution in [0.4, 0.5) is 15.3 Å². The van der Waals surface area contributed by atoms with Crippen LogP contribution in [-0.2, 0) is 35.1 Å². The first-order valence-corrected chi connectivity index (χ1v) is 15.9. The van der Waals surface area contributed by atoms with Crippen LogP contribution in [-0.4, -0.2) is 97.2 Å². The predicted octanol–water partition coefficient (Wildman–Crippen LogP) is 1.38. The third-order valence-corrected chi connectivity index (χ3v) is 7.80. The summed E-state index contributed by atoms with van der Waals surface area (Å²) in [7, 11) is 0. The van der Waals surface area contributed by atoms with E-state index in [0.717, 1.165) is 12.0 Å². The van der Waals surface area contributed by atoms with Crippen LogP contribution in [0.3, 0.4) is 0 Å². The van der Waals surface area contributed by atoms with Crippen LogP contribution in [0.25, 0.3) is 0 Å². The lowest BCUT2D eigenvalue weighted by Crippen LogP contribution is -2.54. The number of nitrogens with one attached hydrogen (secondary N) is 4. The van der Waals surface area contributed by atoms with E-state index in [1.54, 1.807) is 32.2 Å². The van der Waals surface area contributed by atoms with Crippen LogP contribution >= 0.6 is 11.8 Å². The maximum absolute atomic E-state index is 13.2. The third-order valence-electron chi connectivity index (χ3n) is 6.86. The number of nitrogens with zero attached hydrogens (tertiary/aromatic N) is 1. The van der Waals surface area contributed by atoms with Crippen LogP contribution < -0.4 is 27.0 Å². The Kier molecular flexibility index (Phi) is 15.5. The summed E-state index contributed by atoms with van der Waals surface area (Å²) in [4.78, 5) is 75.1. The Morgan fingerprint density at radius 2 is 1.75 bits per heavy atom. The number of anilines is 1. The van der Waals surface area contributed by atoms with Gasteiger partial charge in [0.15, 0.2) is 0 Å². The fraction of sp³-hybridized carbons (Fsp3) is 0.586. The van der Waals surface area contributed by atoms with E-state index >= 15 is 0 Å². The highest BCUT2D eigenvalue weighted by Crippen LogP contribution is 2.22. The normalized spacial score (nSPS) is 15.9. The molecule has 1 aliphatic rings. The number of amides is 7. The Bertz CT molecular complexity index is 1150. The largest absolute Gasteiger partial charge is 0.447 e. The lowest BCUT2D eigenvalue weighted by molar-refractivity contribution is -0.139. The molecule has 0 radical (unpaired) electrons. The van der Waals surface area contributed by atoms with Gasteiger partial charge in [0.25, 0.3) is 0 Å². The zero-order chi connectivity index (χ0) is 32.6. The highest BCUT2D eigenvalue weighted by atomic mass is 32.2. The average molecular weight is 637 g/mol. The van der Waals surface area contributed by atoms with Crippen molar-refractivity contribution in [3.63, 3.8) is 0 Å². The van der Waals surface area contributed by atoms with E-state index in [4.69, 9.17) is 15.2 Å². The highest BCUT2D eigenvalue weighted by molar-refractivity contribution is 8.00. The summed E-state index contributed by atoms with van der Waals surface area (Å²) in [6.45, 7) is 5.82. The molecule has 244 valence electrons. The maximum Gasteiger partial charge on any atom is 0.407 e. The fourth-order valence-electron chi connectivity index (χ4n) is 4.33. The lowest BCUT2D eigenvalue weighted by Gasteiger charge is -2.25. The van der Waals surface area contributed by atoms with E-state index in [-0.39, 0.29) is 68.7 Å². The molecule has 1 saturated heterocycles. The Morgan fingerprint density at radius 3 is 2.34 bits per heavy atom. The molecule has 3 atom stereocenters. The first-order chi connectivity index (χ1) is 21.0. The number of carbonyl (C=O) groups excluding carboxylic acids is 6. The summed E-state index contributed by atoms with van der Waals surface area (Å²) in [6, 6.07) is 4.67. The second-order valence-electron chi connectivity index (χ2n) is 10.5. The molecular formula is C29H44N6O8S. The Hall–Kier alpha value is -3.85. The number of primary amides is 1. The monoisotopic (exact) mass is 636 g/mol. The summed E-state index contributed by atoms with van der Waals surface area (Å²) >= 11 is 1.33. The number of alkyl carbamates (subject to hydrolysis) is 1. The highest BCUT2D eigenvalue weighted by Gasteiger charge is 2.37. The van der Waals surface area contributed by atoms with E-state index in [0.29, 0.717) is 12.1 Å². The Balaban J connectivity index is 1.87. The molecule has 1 fully saturated rings. The Morgan fingerprint density at radius 1 is 1.05 bits per heavy atom. The molecule has 1 aromatic carbocycles. The molecule has 0 saturated carbocycles. The van der Waals surface area contributed by atoms with Crippen LogP contribution in [0.15, 0.2) is 24.3 Å². The lowest BCUT2D eigenvalue weighted by atomic mass is 10.0. The van der Waals surface area contributed by atoms with Crippen LogP contribution in [0, 0.1) is 5.92 Å². The van der Waals surface area contributed by atoms with Crippen LogP contribution in [0.2, 0.25) is 0 Å². The third kappa shape index (κ3) is 12.0. The van der Waals surface area contributed by atoms with Crippen LogP contribution in [0.5, 0.6) is 0 Å². The number of carbonyl (C=O) groups is 6. The van der Waals surface area contributed by atoms with Crippen molar-refractivity contribution in [2.24, 2.45) is 11.7 Å². The Labute approximate surface area is 261 Å². The van der Waals surface area contributed by atoms with Gasteiger partial charge in [-0.1, -0.05) is 32.9 Å². The van der Waals surface area contributed by atoms with Crippen molar-refractivity contribution in [1.29, 1.82) is 0 Å². The van der Waals surface area contributed by atoms with Gasteiger partial charge in [-0.3, -0.25) is 24.1 Å². The second kappa shape index (κ2) is 18.7. The smallest absolute Gasteiger partial charge is 0.407 e. The molecule has 14 nitrogen and oxygen atoms in total. The molecule has 0 aliphatic carbocycles. The first kappa shape index (κ1) is 36.3. The molecule has 44 heavy (non-hydrogen) atoms. The van der Waals surface area contributed by atoms with Crippen LogP contribution in [0.1, 0.15) is 45.6 Å². The molecule has 1 aromatic rings. The first-order valence-electron chi connectivity index (χ1n) is 14.6. The quantitative estimate of drug-likeness (QED) is 0.117. The van der Waals surface area contributed by atoms with Crippen molar-refractivity contribution >= 4 is 53.2 Å². The summed E-state index contributed by atoms with van der Waals surface area (Å²) < 4.78 is 10.5. The topological polar surface area (TPSA) is 198 Å². The van der Waals surface area contributed by atoms with Crippen molar-refractivity contribution in [2.45, 2.75) is 63.8 Å². The number of likely N-dealkylation sites (tertiary alicyclic amines) is 1. The minimum Gasteiger partial charge on any atom is -0.447 e. The second-order valence-corrected chi connectivity index (χ2v) is 11.5. The SMILES string of the molecule is CCc1ccc(NC(=O)[C@H](CCCNC(N)=O)NC(=O)[C@@H](NC(=O)OCCOCCN2C(=O)CC(SC)C2=O)C(C)C)cc1.